The molecule has 0 aromatic heterocycles. The van der Waals surface area contributed by atoms with Gasteiger partial charge in [0.25, 0.3) is 0 Å². The summed E-state index contributed by atoms with van der Waals surface area (Å²) < 4.78 is 0. The van der Waals surface area contributed by atoms with Crippen molar-refractivity contribution in [2.75, 3.05) is 31.1 Å². The standard InChI is InChI=1S/C17H27N3/c1-14(18)12-15-6-2-3-7-17(15)20-11-8-16(13-20)19-9-4-5-10-19/h2-3,6-7,14,16H,4-5,8-13,18H2,1H3. The lowest BCUT2D eigenvalue weighted by Gasteiger charge is -2.26. The Bertz CT molecular complexity index is 438. The smallest absolute Gasteiger partial charge is 0.0399 e. The molecule has 2 saturated heterocycles. The first-order valence-corrected chi connectivity index (χ1v) is 8.06. The molecule has 2 aliphatic rings. The van der Waals surface area contributed by atoms with Crippen LogP contribution in [0.15, 0.2) is 24.3 Å². The maximum atomic E-state index is 5.99. The minimum Gasteiger partial charge on any atom is -0.370 e. The number of benzene rings is 1. The fourth-order valence-corrected chi connectivity index (χ4v) is 3.70. The highest BCUT2D eigenvalue weighted by atomic mass is 15.3. The normalized spacial score (nSPS) is 25.3. The Kier molecular flexibility index (Phi) is 4.27. The second kappa shape index (κ2) is 6.15. The van der Waals surface area contributed by atoms with Crippen LogP contribution in [-0.4, -0.2) is 43.2 Å². The van der Waals surface area contributed by atoms with E-state index >= 15 is 0 Å². The summed E-state index contributed by atoms with van der Waals surface area (Å²) >= 11 is 0. The Morgan fingerprint density at radius 2 is 1.95 bits per heavy atom. The monoisotopic (exact) mass is 273 g/mol. The van der Waals surface area contributed by atoms with Crippen molar-refractivity contribution in [3.63, 3.8) is 0 Å². The lowest BCUT2D eigenvalue weighted by atomic mass is 10.0. The molecular weight excluding hydrogens is 246 g/mol. The van der Waals surface area contributed by atoms with Crippen molar-refractivity contribution < 1.29 is 0 Å². The van der Waals surface area contributed by atoms with Gasteiger partial charge in [0.1, 0.15) is 0 Å². The van der Waals surface area contributed by atoms with Crippen LogP contribution in [0, 0.1) is 0 Å². The van der Waals surface area contributed by atoms with Crippen molar-refractivity contribution in [1.82, 2.24) is 4.90 Å². The molecule has 2 N–H and O–H groups in total. The highest BCUT2D eigenvalue weighted by Crippen LogP contribution is 2.28. The third-order valence-corrected chi connectivity index (χ3v) is 4.69. The molecule has 110 valence electrons. The van der Waals surface area contributed by atoms with Gasteiger partial charge in [-0.15, -0.1) is 0 Å². The van der Waals surface area contributed by atoms with Gasteiger partial charge in [-0.2, -0.15) is 0 Å². The van der Waals surface area contributed by atoms with Gasteiger partial charge in [-0.1, -0.05) is 18.2 Å². The molecule has 2 unspecified atom stereocenters. The summed E-state index contributed by atoms with van der Waals surface area (Å²) in [5.74, 6) is 0. The van der Waals surface area contributed by atoms with E-state index in [4.69, 9.17) is 5.73 Å². The zero-order valence-corrected chi connectivity index (χ0v) is 12.6. The quantitative estimate of drug-likeness (QED) is 0.913. The molecule has 0 aliphatic carbocycles. The third-order valence-electron chi connectivity index (χ3n) is 4.69. The second-order valence-corrected chi connectivity index (χ2v) is 6.44. The number of para-hydroxylation sites is 1. The van der Waals surface area contributed by atoms with E-state index < -0.39 is 0 Å². The van der Waals surface area contributed by atoms with Gasteiger partial charge < -0.3 is 10.6 Å². The summed E-state index contributed by atoms with van der Waals surface area (Å²) in [4.78, 5) is 5.26. The molecular formula is C17H27N3. The number of nitrogens with two attached hydrogens (primary N) is 1. The molecule has 0 spiro atoms. The van der Waals surface area contributed by atoms with E-state index in [1.165, 1.54) is 56.7 Å². The Balaban J connectivity index is 1.70. The van der Waals surface area contributed by atoms with Crippen LogP contribution in [0.1, 0.15) is 31.7 Å². The van der Waals surface area contributed by atoms with Crippen LogP contribution >= 0.6 is 0 Å². The largest absolute Gasteiger partial charge is 0.370 e. The van der Waals surface area contributed by atoms with E-state index in [2.05, 4.69) is 41.0 Å². The molecule has 3 heteroatoms. The Morgan fingerprint density at radius 1 is 1.20 bits per heavy atom. The first kappa shape index (κ1) is 13.9. The van der Waals surface area contributed by atoms with Crippen LogP contribution in [0.4, 0.5) is 5.69 Å². The Labute approximate surface area is 122 Å². The molecule has 0 radical (unpaired) electrons. The van der Waals surface area contributed by atoms with Gasteiger partial charge in [-0.25, -0.2) is 0 Å². The number of hydrogen-bond acceptors (Lipinski definition) is 3. The number of hydrogen-bond donors (Lipinski definition) is 1. The predicted molar refractivity (Wildman–Crippen MR) is 85.2 cm³/mol. The van der Waals surface area contributed by atoms with Gasteiger partial charge in [-0.3, -0.25) is 4.90 Å². The van der Waals surface area contributed by atoms with E-state index in [9.17, 15) is 0 Å². The number of rotatable bonds is 4. The van der Waals surface area contributed by atoms with Crippen LogP contribution < -0.4 is 10.6 Å². The van der Waals surface area contributed by atoms with Gasteiger partial charge in [0.2, 0.25) is 0 Å². The predicted octanol–water partition coefficient (Wildman–Crippen LogP) is 2.25. The molecule has 3 rings (SSSR count). The van der Waals surface area contributed by atoms with Gasteiger partial charge in [0.15, 0.2) is 0 Å². The van der Waals surface area contributed by atoms with E-state index in [0.717, 1.165) is 12.5 Å². The molecule has 3 nitrogen and oxygen atoms in total. The molecule has 2 atom stereocenters. The van der Waals surface area contributed by atoms with Crippen molar-refractivity contribution in [1.29, 1.82) is 0 Å². The maximum Gasteiger partial charge on any atom is 0.0399 e. The summed E-state index contributed by atoms with van der Waals surface area (Å²) in [6.07, 6.45) is 5.06. The van der Waals surface area contributed by atoms with E-state index in [1.807, 2.05) is 0 Å². The molecule has 1 aromatic carbocycles. The van der Waals surface area contributed by atoms with Crippen molar-refractivity contribution in [3.8, 4) is 0 Å². The van der Waals surface area contributed by atoms with E-state index in [1.54, 1.807) is 0 Å². The van der Waals surface area contributed by atoms with Crippen molar-refractivity contribution in [2.24, 2.45) is 5.73 Å². The zero-order chi connectivity index (χ0) is 13.9. The molecule has 0 bridgehead atoms. The second-order valence-electron chi connectivity index (χ2n) is 6.44. The molecule has 20 heavy (non-hydrogen) atoms. The van der Waals surface area contributed by atoms with Crippen LogP contribution in [0.2, 0.25) is 0 Å². The molecule has 2 heterocycles. The highest BCUT2D eigenvalue weighted by Gasteiger charge is 2.29. The first-order valence-electron chi connectivity index (χ1n) is 8.06. The highest BCUT2D eigenvalue weighted by molar-refractivity contribution is 5.55. The van der Waals surface area contributed by atoms with Gasteiger partial charge in [-0.05, 0) is 57.3 Å². The van der Waals surface area contributed by atoms with E-state index in [-0.39, 0.29) is 6.04 Å². The molecule has 1 aromatic rings. The van der Waals surface area contributed by atoms with Gasteiger partial charge >= 0.3 is 0 Å². The fourth-order valence-electron chi connectivity index (χ4n) is 3.70. The lowest BCUT2D eigenvalue weighted by Crippen LogP contribution is -2.35. The average Bonchev–Trinajstić information content (AvgIpc) is 3.10. The summed E-state index contributed by atoms with van der Waals surface area (Å²) in [5.41, 5.74) is 8.81. The minimum absolute atomic E-state index is 0.230. The first-order chi connectivity index (χ1) is 9.74. The lowest BCUT2D eigenvalue weighted by molar-refractivity contribution is 0.260. The summed E-state index contributed by atoms with van der Waals surface area (Å²) in [7, 11) is 0. The van der Waals surface area contributed by atoms with E-state index in [0.29, 0.717) is 0 Å². The third kappa shape index (κ3) is 2.99. The van der Waals surface area contributed by atoms with Crippen molar-refractivity contribution >= 4 is 5.69 Å². The summed E-state index contributed by atoms with van der Waals surface area (Å²) in [5, 5.41) is 0. The maximum absolute atomic E-state index is 5.99. The van der Waals surface area contributed by atoms with Crippen molar-refractivity contribution in [2.45, 2.75) is 44.7 Å². The average molecular weight is 273 g/mol. The summed E-state index contributed by atoms with van der Waals surface area (Å²) in [6, 6.07) is 9.79. The Hall–Kier alpha value is -1.06. The van der Waals surface area contributed by atoms with Crippen LogP contribution in [0.25, 0.3) is 0 Å². The van der Waals surface area contributed by atoms with Crippen LogP contribution in [0.5, 0.6) is 0 Å². The number of anilines is 1. The number of nitrogens with zero attached hydrogens (tertiary/aromatic N) is 2. The Morgan fingerprint density at radius 3 is 2.70 bits per heavy atom. The molecule has 0 saturated carbocycles. The zero-order valence-electron chi connectivity index (χ0n) is 12.6. The van der Waals surface area contributed by atoms with Gasteiger partial charge in [0, 0.05) is 30.9 Å². The SMILES string of the molecule is CC(N)Cc1ccccc1N1CCC(N2CCCC2)C1. The number of likely N-dealkylation sites (tertiary alicyclic amines) is 1. The minimum atomic E-state index is 0.230. The van der Waals surface area contributed by atoms with Crippen LogP contribution in [-0.2, 0) is 6.42 Å². The molecule has 0 amide bonds. The van der Waals surface area contributed by atoms with Crippen molar-refractivity contribution in [3.05, 3.63) is 29.8 Å². The fraction of sp³-hybridized carbons (Fsp3) is 0.647. The molecule has 2 aliphatic heterocycles. The van der Waals surface area contributed by atoms with Crippen LogP contribution in [0.3, 0.4) is 0 Å². The topological polar surface area (TPSA) is 32.5 Å². The van der Waals surface area contributed by atoms with Gasteiger partial charge in [0.05, 0.1) is 0 Å². The molecule has 2 fully saturated rings. The summed E-state index contributed by atoms with van der Waals surface area (Å²) in [6.45, 7) is 7.08.